The standard InChI is InChI=1S/C15H9N3O/c1-2-4-10(5-3-1)11-6-7-12-13(8-11)19-15-14(18-12)16-9-17-15/h1-9H. The lowest BCUT2D eigenvalue weighted by atomic mass is 10.1. The van der Waals surface area contributed by atoms with E-state index in [1.54, 1.807) is 0 Å². The van der Waals surface area contributed by atoms with E-state index in [2.05, 4.69) is 27.1 Å². The van der Waals surface area contributed by atoms with Crippen molar-refractivity contribution in [2.24, 2.45) is 0 Å². The van der Waals surface area contributed by atoms with Crippen LogP contribution in [0.2, 0.25) is 0 Å². The van der Waals surface area contributed by atoms with Crippen LogP contribution < -0.4 is 0 Å². The van der Waals surface area contributed by atoms with Crippen LogP contribution in [0, 0.1) is 0 Å². The first-order chi connectivity index (χ1) is 9.40. The van der Waals surface area contributed by atoms with Gasteiger partial charge >= 0.3 is 0 Å². The predicted molar refractivity (Wildman–Crippen MR) is 71.7 cm³/mol. The van der Waals surface area contributed by atoms with Crippen LogP contribution in [0.1, 0.15) is 0 Å². The molecule has 0 saturated heterocycles. The van der Waals surface area contributed by atoms with E-state index in [4.69, 9.17) is 4.42 Å². The SMILES string of the molecule is c1ccc(-c2ccc3nc4ncnc-4oc3c2)cc1. The van der Waals surface area contributed by atoms with Gasteiger partial charge in [-0.1, -0.05) is 36.4 Å². The van der Waals surface area contributed by atoms with Gasteiger partial charge in [0.2, 0.25) is 5.82 Å². The summed E-state index contributed by atoms with van der Waals surface area (Å²) in [6, 6.07) is 16.1. The van der Waals surface area contributed by atoms with E-state index in [9.17, 15) is 0 Å². The lowest BCUT2D eigenvalue weighted by Crippen LogP contribution is -1.87. The Kier molecular flexibility index (Phi) is 2.08. The topological polar surface area (TPSA) is 51.8 Å². The van der Waals surface area contributed by atoms with E-state index >= 15 is 0 Å². The van der Waals surface area contributed by atoms with Crippen molar-refractivity contribution in [1.82, 2.24) is 15.0 Å². The third kappa shape index (κ3) is 1.65. The van der Waals surface area contributed by atoms with Crippen molar-refractivity contribution in [2.75, 3.05) is 0 Å². The van der Waals surface area contributed by atoms with Gasteiger partial charge in [-0.05, 0) is 23.3 Å². The summed E-state index contributed by atoms with van der Waals surface area (Å²) in [5, 5.41) is 0. The molecule has 0 N–H and O–H groups in total. The molecule has 2 aliphatic rings. The molecule has 4 heteroatoms. The minimum atomic E-state index is 0.470. The monoisotopic (exact) mass is 247 g/mol. The lowest BCUT2D eigenvalue weighted by Gasteiger charge is -2.04. The minimum Gasteiger partial charge on any atom is -0.433 e. The molecule has 2 aromatic rings. The third-order valence-electron chi connectivity index (χ3n) is 3.05. The fraction of sp³-hybridized carbons (Fsp3) is 0. The van der Waals surface area contributed by atoms with Crippen LogP contribution in [0.5, 0.6) is 0 Å². The summed E-state index contributed by atoms with van der Waals surface area (Å²) in [4.78, 5) is 12.5. The summed E-state index contributed by atoms with van der Waals surface area (Å²) in [7, 11) is 0. The maximum absolute atomic E-state index is 5.71. The molecular weight excluding hydrogens is 238 g/mol. The Bertz CT molecular complexity index is 823. The lowest BCUT2D eigenvalue weighted by molar-refractivity contribution is 0.596. The largest absolute Gasteiger partial charge is 0.433 e. The van der Waals surface area contributed by atoms with Crippen LogP contribution in [0.3, 0.4) is 0 Å². The van der Waals surface area contributed by atoms with Gasteiger partial charge in [0, 0.05) is 0 Å². The highest BCUT2D eigenvalue weighted by molar-refractivity contribution is 5.81. The van der Waals surface area contributed by atoms with Crippen molar-refractivity contribution in [1.29, 1.82) is 0 Å². The second kappa shape index (κ2) is 3.88. The molecule has 4 rings (SSSR count). The summed E-state index contributed by atoms with van der Waals surface area (Å²) in [5.41, 5.74) is 3.74. The second-order valence-corrected chi connectivity index (χ2v) is 4.26. The number of aromatic nitrogens is 3. The van der Waals surface area contributed by atoms with E-state index < -0.39 is 0 Å². The molecule has 0 aliphatic carbocycles. The maximum atomic E-state index is 5.71. The van der Waals surface area contributed by atoms with Crippen LogP contribution in [0.15, 0.2) is 59.3 Å². The molecule has 19 heavy (non-hydrogen) atoms. The second-order valence-electron chi connectivity index (χ2n) is 4.26. The first-order valence-electron chi connectivity index (χ1n) is 5.97. The molecule has 2 aromatic carbocycles. The molecule has 0 aromatic heterocycles. The number of hydrogen-bond acceptors (Lipinski definition) is 4. The van der Waals surface area contributed by atoms with Crippen molar-refractivity contribution >= 4 is 11.1 Å². The van der Waals surface area contributed by atoms with Crippen LogP contribution >= 0.6 is 0 Å². The highest BCUT2D eigenvalue weighted by atomic mass is 16.3. The Morgan fingerprint density at radius 1 is 0.842 bits per heavy atom. The summed E-state index contributed by atoms with van der Waals surface area (Å²) in [6.45, 7) is 0. The van der Waals surface area contributed by atoms with Crippen molar-refractivity contribution in [2.45, 2.75) is 0 Å². The van der Waals surface area contributed by atoms with Gasteiger partial charge in [0.05, 0.1) is 0 Å². The van der Waals surface area contributed by atoms with Crippen LogP contribution in [-0.2, 0) is 0 Å². The van der Waals surface area contributed by atoms with Crippen LogP contribution in [0.4, 0.5) is 0 Å². The number of nitrogens with zero attached hydrogens (tertiary/aromatic N) is 3. The van der Waals surface area contributed by atoms with Crippen molar-refractivity contribution in [3.63, 3.8) is 0 Å². The first kappa shape index (κ1) is 10.2. The quantitative estimate of drug-likeness (QED) is 0.517. The fourth-order valence-corrected chi connectivity index (χ4v) is 2.11. The molecule has 2 aliphatic heterocycles. The highest BCUT2D eigenvalue weighted by Gasteiger charge is 2.12. The molecular formula is C15H9N3O. The van der Waals surface area contributed by atoms with Gasteiger partial charge in [0.15, 0.2) is 5.58 Å². The van der Waals surface area contributed by atoms with E-state index in [1.165, 1.54) is 6.33 Å². The zero-order valence-corrected chi connectivity index (χ0v) is 9.95. The van der Waals surface area contributed by atoms with E-state index in [0.717, 1.165) is 16.6 Å². The Labute approximate surface area is 109 Å². The summed E-state index contributed by atoms with van der Waals surface area (Å²) in [5.74, 6) is 1.01. The molecule has 4 nitrogen and oxygen atoms in total. The van der Waals surface area contributed by atoms with Crippen LogP contribution in [-0.4, -0.2) is 15.0 Å². The van der Waals surface area contributed by atoms with Gasteiger partial charge in [0.1, 0.15) is 11.8 Å². The minimum absolute atomic E-state index is 0.470. The average molecular weight is 247 g/mol. The number of hydrogen-bond donors (Lipinski definition) is 0. The Hall–Kier alpha value is -2.75. The predicted octanol–water partition coefficient (Wildman–Crippen LogP) is 3.39. The third-order valence-corrected chi connectivity index (χ3v) is 3.05. The molecule has 0 unspecified atom stereocenters. The average Bonchev–Trinajstić information content (AvgIpc) is 2.92. The highest BCUT2D eigenvalue weighted by Crippen LogP contribution is 2.26. The number of fused-ring (bicyclic) bond motifs is 2. The van der Waals surface area contributed by atoms with E-state index in [0.29, 0.717) is 17.3 Å². The Morgan fingerprint density at radius 3 is 2.63 bits per heavy atom. The van der Waals surface area contributed by atoms with Gasteiger partial charge in [-0.2, -0.15) is 4.98 Å². The molecule has 0 amide bonds. The molecule has 0 saturated carbocycles. The van der Waals surface area contributed by atoms with Gasteiger partial charge in [0.25, 0.3) is 5.89 Å². The molecule has 2 heterocycles. The molecule has 0 fully saturated rings. The number of benzene rings is 2. The molecule has 90 valence electrons. The molecule has 0 bridgehead atoms. The van der Waals surface area contributed by atoms with Gasteiger partial charge in [-0.15, -0.1) is 0 Å². The Balaban J connectivity index is 1.96. The van der Waals surface area contributed by atoms with Crippen molar-refractivity contribution in [3.05, 3.63) is 54.9 Å². The van der Waals surface area contributed by atoms with Gasteiger partial charge in [-0.3, -0.25) is 0 Å². The van der Waals surface area contributed by atoms with Crippen molar-refractivity contribution in [3.8, 4) is 22.8 Å². The normalized spacial score (nSPS) is 11.2. The van der Waals surface area contributed by atoms with Crippen molar-refractivity contribution < 1.29 is 4.42 Å². The Morgan fingerprint density at radius 2 is 1.74 bits per heavy atom. The van der Waals surface area contributed by atoms with E-state index in [1.807, 2.05) is 36.4 Å². The van der Waals surface area contributed by atoms with E-state index in [-0.39, 0.29) is 0 Å². The zero-order chi connectivity index (χ0) is 12.7. The maximum Gasteiger partial charge on any atom is 0.266 e. The van der Waals surface area contributed by atoms with Crippen LogP contribution in [0.25, 0.3) is 33.9 Å². The number of imidazole rings is 1. The molecule has 0 atom stereocenters. The summed E-state index contributed by atoms with van der Waals surface area (Å²) >= 11 is 0. The molecule has 0 spiro atoms. The smallest absolute Gasteiger partial charge is 0.266 e. The fourth-order valence-electron chi connectivity index (χ4n) is 2.11. The molecule has 0 radical (unpaired) electrons. The first-order valence-corrected chi connectivity index (χ1v) is 5.97. The number of rotatable bonds is 1. The summed E-state index contributed by atoms with van der Waals surface area (Å²) in [6.07, 6.45) is 1.46. The van der Waals surface area contributed by atoms with Gasteiger partial charge in [-0.25, -0.2) is 9.97 Å². The summed E-state index contributed by atoms with van der Waals surface area (Å²) < 4.78 is 5.71. The van der Waals surface area contributed by atoms with Gasteiger partial charge < -0.3 is 4.42 Å². The zero-order valence-electron chi connectivity index (χ0n) is 9.95.